The average Bonchev–Trinajstić information content (AvgIpc) is 3.03. The summed E-state index contributed by atoms with van der Waals surface area (Å²) in [6.45, 7) is 2.59. The summed E-state index contributed by atoms with van der Waals surface area (Å²) in [4.78, 5) is 24.5. The van der Waals surface area contributed by atoms with Gasteiger partial charge in [0.05, 0.1) is 17.8 Å². The minimum atomic E-state index is 0.505. The van der Waals surface area contributed by atoms with E-state index < -0.39 is 0 Å². The molecule has 118 valence electrons. The number of hydrogen-bond donors (Lipinski definition) is 0. The highest BCUT2D eigenvalue weighted by Crippen LogP contribution is 2.22. The van der Waals surface area contributed by atoms with Crippen LogP contribution in [0.15, 0.2) is 47.6 Å². The third-order valence-electron chi connectivity index (χ3n) is 4.44. The van der Waals surface area contributed by atoms with Gasteiger partial charge in [0, 0.05) is 22.8 Å². The van der Waals surface area contributed by atoms with Crippen molar-refractivity contribution in [3.8, 4) is 0 Å². The number of nitrogens with zero attached hydrogens (tertiary/aromatic N) is 3. The summed E-state index contributed by atoms with van der Waals surface area (Å²) in [5.41, 5.74) is 6.78. The van der Waals surface area contributed by atoms with E-state index >= 15 is 0 Å². The molecule has 2 aromatic heterocycles. The first-order valence-corrected chi connectivity index (χ1v) is 8.07. The second kappa shape index (κ2) is 5.96. The highest BCUT2D eigenvalue weighted by atomic mass is 16.1. The van der Waals surface area contributed by atoms with E-state index in [9.17, 15) is 4.79 Å². The van der Waals surface area contributed by atoms with Gasteiger partial charge in [-0.05, 0) is 49.6 Å². The van der Waals surface area contributed by atoms with Crippen LogP contribution in [0, 0.1) is 6.92 Å². The van der Waals surface area contributed by atoms with Gasteiger partial charge in [-0.1, -0.05) is 17.7 Å². The largest absolute Gasteiger partial charge is 0.296 e. The second-order valence-electron chi connectivity index (χ2n) is 6.11. The van der Waals surface area contributed by atoms with Crippen LogP contribution in [0.5, 0.6) is 0 Å². The molecular formula is C20H17N3O. The van der Waals surface area contributed by atoms with Crippen LogP contribution in [-0.2, 0) is 24.2 Å². The number of benzene rings is 1. The fraction of sp³-hybridized carbons (Fsp3) is 0.200. The molecule has 0 saturated heterocycles. The number of aromatic nitrogens is 2. The van der Waals surface area contributed by atoms with E-state index in [1.165, 1.54) is 10.9 Å². The van der Waals surface area contributed by atoms with Crippen LogP contribution in [0.25, 0.3) is 10.9 Å². The molecule has 0 spiro atoms. The van der Waals surface area contributed by atoms with Gasteiger partial charge in [-0.3, -0.25) is 19.8 Å². The maximum absolute atomic E-state index is 11.2. The van der Waals surface area contributed by atoms with Gasteiger partial charge in [-0.15, -0.1) is 0 Å². The zero-order chi connectivity index (χ0) is 16.5. The lowest BCUT2D eigenvalue weighted by Gasteiger charge is -2.08. The molecule has 3 aromatic rings. The molecule has 4 rings (SSSR count). The standard InChI is InChI=1S/C20H17N3O/c1-13-2-7-17-15(10-13)4-6-16(23-17)5-3-14-8-9-21-18-11-22-19(12-24)20(14)18/h2,4,6-10,12H,3,5,11H2,1H3. The van der Waals surface area contributed by atoms with E-state index in [1.54, 1.807) is 6.20 Å². The Labute approximate surface area is 140 Å². The van der Waals surface area contributed by atoms with Crippen molar-refractivity contribution in [2.45, 2.75) is 26.3 Å². The van der Waals surface area contributed by atoms with Crippen LogP contribution in [0.2, 0.25) is 0 Å². The fourth-order valence-electron chi connectivity index (χ4n) is 3.22. The van der Waals surface area contributed by atoms with Gasteiger partial charge in [0.25, 0.3) is 0 Å². The molecule has 0 bridgehead atoms. The summed E-state index contributed by atoms with van der Waals surface area (Å²) in [6, 6.07) is 12.5. The lowest BCUT2D eigenvalue weighted by atomic mass is 9.99. The Bertz CT molecular complexity index is 976. The molecule has 1 aliphatic heterocycles. The van der Waals surface area contributed by atoms with Crippen molar-refractivity contribution in [2.24, 2.45) is 4.99 Å². The first kappa shape index (κ1) is 14.7. The topological polar surface area (TPSA) is 55.2 Å². The number of aliphatic imine (C=N–C) groups is 1. The Hall–Kier alpha value is -2.88. The van der Waals surface area contributed by atoms with Crippen LogP contribution in [-0.4, -0.2) is 22.0 Å². The van der Waals surface area contributed by atoms with E-state index in [0.29, 0.717) is 12.3 Å². The smallest absolute Gasteiger partial charge is 0.168 e. The fourth-order valence-corrected chi connectivity index (χ4v) is 3.22. The Morgan fingerprint density at radius 3 is 2.92 bits per heavy atom. The number of pyridine rings is 2. The molecule has 0 amide bonds. The maximum Gasteiger partial charge on any atom is 0.168 e. The summed E-state index contributed by atoms with van der Waals surface area (Å²) in [5, 5.41) is 1.17. The minimum Gasteiger partial charge on any atom is -0.296 e. The molecule has 0 aliphatic carbocycles. The van der Waals surface area contributed by atoms with Crippen molar-refractivity contribution >= 4 is 22.9 Å². The van der Waals surface area contributed by atoms with Gasteiger partial charge >= 0.3 is 0 Å². The van der Waals surface area contributed by atoms with Crippen LogP contribution < -0.4 is 0 Å². The number of fused-ring (bicyclic) bond motifs is 2. The lowest BCUT2D eigenvalue weighted by Crippen LogP contribution is -2.07. The molecule has 0 N–H and O–H groups in total. The zero-order valence-corrected chi connectivity index (χ0v) is 13.5. The molecule has 3 heterocycles. The molecule has 0 saturated carbocycles. The number of aldehydes is 1. The quantitative estimate of drug-likeness (QED) is 0.695. The predicted molar refractivity (Wildman–Crippen MR) is 94.4 cm³/mol. The van der Waals surface area contributed by atoms with Crippen molar-refractivity contribution in [2.75, 3.05) is 0 Å². The van der Waals surface area contributed by atoms with Crippen molar-refractivity contribution in [1.29, 1.82) is 0 Å². The lowest BCUT2D eigenvalue weighted by molar-refractivity contribution is -0.102. The molecule has 24 heavy (non-hydrogen) atoms. The minimum absolute atomic E-state index is 0.505. The van der Waals surface area contributed by atoms with Crippen molar-refractivity contribution in [3.05, 3.63) is 70.7 Å². The Kier molecular flexibility index (Phi) is 3.65. The first-order chi connectivity index (χ1) is 11.7. The number of carbonyl (C=O) groups is 1. The zero-order valence-electron chi connectivity index (χ0n) is 13.5. The third-order valence-corrected chi connectivity index (χ3v) is 4.44. The van der Waals surface area contributed by atoms with Crippen molar-refractivity contribution in [1.82, 2.24) is 9.97 Å². The number of hydrogen-bond acceptors (Lipinski definition) is 4. The Morgan fingerprint density at radius 1 is 1.12 bits per heavy atom. The van der Waals surface area contributed by atoms with Crippen molar-refractivity contribution in [3.63, 3.8) is 0 Å². The summed E-state index contributed by atoms with van der Waals surface area (Å²) in [6.07, 6.45) is 4.27. The number of aryl methyl sites for hydroxylation is 3. The van der Waals surface area contributed by atoms with E-state index in [-0.39, 0.29) is 0 Å². The number of carbonyl (C=O) groups excluding carboxylic acids is 1. The van der Waals surface area contributed by atoms with Gasteiger partial charge < -0.3 is 0 Å². The third kappa shape index (κ3) is 2.60. The van der Waals surface area contributed by atoms with Crippen LogP contribution in [0.3, 0.4) is 0 Å². The molecule has 1 aromatic carbocycles. The molecule has 0 fully saturated rings. The van der Waals surface area contributed by atoms with Crippen molar-refractivity contribution < 1.29 is 4.79 Å². The summed E-state index contributed by atoms with van der Waals surface area (Å²) >= 11 is 0. The van der Waals surface area contributed by atoms with Gasteiger partial charge in [0.15, 0.2) is 6.29 Å². The summed E-state index contributed by atoms with van der Waals surface area (Å²) in [7, 11) is 0. The highest BCUT2D eigenvalue weighted by Gasteiger charge is 2.20. The first-order valence-electron chi connectivity index (χ1n) is 8.07. The van der Waals surface area contributed by atoms with Gasteiger partial charge in [0.1, 0.15) is 5.71 Å². The Morgan fingerprint density at radius 2 is 2.04 bits per heavy atom. The van der Waals surface area contributed by atoms with E-state index in [2.05, 4.69) is 47.2 Å². The van der Waals surface area contributed by atoms with Gasteiger partial charge in [-0.2, -0.15) is 0 Å². The van der Waals surface area contributed by atoms with Crippen LogP contribution in [0.4, 0.5) is 0 Å². The second-order valence-corrected chi connectivity index (χ2v) is 6.11. The average molecular weight is 315 g/mol. The molecule has 0 atom stereocenters. The van der Waals surface area contributed by atoms with Crippen LogP contribution >= 0.6 is 0 Å². The molecule has 4 heteroatoms. The molecule has 0 radical (unpaired) electrons. The van der Waals surface area contributed by atoms with E-state index in [0.717, 1.165) is 47.2 Å². The van der Waals surface area contributed by atoms with E-state index in [4.69, 9.17) is 4.98 Å². The normalized spacial score (nSPS) is 13.0. The molecular weight excluding hydrogens is 298 g/mol. The van der Waals surface area contributed by atoms with Gasteiger partial charge in [0.2, 0.25) is 0 Å². The van der Waals surface area contributed by atoms with E-state index in [1.807, 2.05) is 6.07 Å². The highest BCUT2D eigenvalue weighted by molar-refractivity contribution is 6.37. The predicted octanol–water partition coefficient (Wildman–Crippen LogP) is 3.23. The van der Waals surface area contributed by atoms with Gasteiger partial charge in [-0.25, -0.2) is 0 Å². The monoisotopic (exact) mass is 315 g/mol. The molecule has 1 aliphatic rings. The molecule has 4 nitrogen and oxygen atoms in total. The summed E-state index contributed by atoms with van der Waals surface area (Å²) < 4.78 is 0. The van der Waals surface area contributed by atoms with Crippen LogP contribution in [0.1, 0.15) is 28.1 Å². The number of rotatable bonds is 4. The Balaban J connectivity index is 1.60. The maximum atomic E-state index is 11.2. The SMILES string of the molecule is Cc1ccc2nc(CCc3ccnc4c3C(C=O)=NC4)ccc2c1. The summed E-state index contributed by atoms with van der Waals surface area (Å²) in [5.74, 6) is 0. The molecule has 0 unspecified atom stereocenters.